The first kappa shape index (κ1) is 17.4. The van der Waals surface area contributed by atoms with Gasteiger partial charge in [0.25, 0.3) is 0 Å². The second kappa shape index (κ2) is 6.01. The van der Waals surface area contributed by atoms with Crippen molar-refractivity contribution in [2.24, 2.45) is 11.8 Å². The zero-order valence-corrected chi connectivity index (χ0v) is 15.8. The third kappa shape index (κ3) is 2.09. The highest BCUT2D eigenvalue weighted by atomic mass is 16.8. The highest BCUT2D eigenvalue weighted by molar-refractivity contribution is 6.23. The van der Waals surface area contributed by atoms with Gasteiger partial charge < -0.3 is 10.4 Å². The molecule has 1 heterocycles. The Bertz CT molecular complexity index is 1090. The van der Waals surface area contributed by atoms with E-state index in [4.69, 9.17) is 5.21 Å². The summed E-state index contributed by atoms with van der Waals surface area (Å²) < 4.78 is 0. The molecular formula is C24H17N2O4-. The highest BCUT2D eigenvalue weighted by Crippen LogP contribution is 2.61. The van der Waals surface area contributed by atoms with Gasteiger partial charge in [-0.1, -0.05) is 48.5 Å². The molecular weight excluding hydrogens is 380 g/mol. The first-order valence-corrected chi connectivity index (χ1v) is 9.89. The Morgan fingerprint density at radius 2 is 1.10 bits per heavy atom. The molecule has 6 nitrogen and oxygen atoms in total. The molecule has 6 heteroatoms. The first-order chi connectivity index (χ1) is 14.6. The Labute approximate surface area is 172 Å². The lowest BCUT2D eigenvalue weighted by atomic mass is 9.55. The van der Waals surface area contributed by atoms with Crippen molar-refractivity contribution in [3.8, 4) is 0 Å². The van der Waals surface area contributed by atoms with Gasteiger partial charge in [-0.15, -0.1) is 0 Å². The van der Waals surface area contributed by atoms with Gasteiger partial charge in [0.05, 0.1) is 23.2 Å². The Balaban J connectivity index is 1.50. The number of rotatable bonds is 2. The molecule has 0 aromatic heterocycles. The van der Waals surface area contributed by atoms with Gasteiger partial charge in [0, 0.05) is 11.8 Å². The number of hydrogen-bond acceptors (Lipinski definition) is 5. The molecule has 2 unspecified atom stereocenters. The minimum absolute atomic E-state index is 0.0372. The van der Waals surface area contributed by atoms with Crippen molar-refractivity contribution in [1.29, 1.82) is 0 Å². The largest absolute Gasteiger partial charge is 0.733 e. The quantitative estimate of drug-likeness (QED) is 0.526. The minimum Gasteiger partial charge on any atom is -0.733 e. The second-order valence-electron chi connectivity index (χ2n) is 8.07. The van der Waals surface area contributed by atoms with Crippen molar-refractivity contribution in [1.82, 2.24) is 0 Å². The van der Waals surface area contributed by atoms with Gasteiger partial charge in [-0.05, 0) is 46.5 Å². The van der Waals surface area contributed by atoms with E-state index >= 15 is 0 Å². The molecule has 4 aliphatic rings. The lowest BCUT2D eigenvalue weighted by Gasteiger charge is -2.45. The molecule has 0 radical (unpaired) electrons. The SMILES string of the molecule is O=C1C2C3c4ccccc4C(c4ccccc43)C2C(=O)N1c1ccc(N([O-])O)cc1. The lowest BCUT2D eigenvalue weighted by Crippen LogP contribution is -2.41. The van der Waals surface area contributed by atoms with Crippen LogP contribution in [0.15, 0.2) is 72.8 Å². The highest BCUT2D eigenvalue weighted by Gasteiger charge is 2.61. The third-order valence-corrected chi connectivity index (χ3v) is 6.78. The molecule has 0 saturated carbocycles. The molecule has 3 aliphatic carbocycles. The number of benzene rings is 3. The van der Waals surface area contributed by atoms with Crippen LogP contribution in [0.1, 0.15) is 34.1 Å². The van der Waals surface area contributed by atoms with Crippen LogP contribution in [0.25, 0.3) is 0 Å². The molecule has 30 heavy (non-hydrogen) atoms. The van der Waals surface area contributed by atoms with Crippen LogP contribution in [-0.4, -0.2) is 17.0 Å². The van der Waals surface area contributed by atoms with E-state index in [1.54, 1.807) is 0 Å². The summed E-state index contributed by atoms with van der Waals surface area (Å²) in [5.41, 5.74) is 4.96. The van der Waals surface area contributed by atoms with E-state index in [9.17, 15) is 14.8 Å². The van der Waals surface area contributed by atoms with Crippen LogP contribution < -0.4 is 10.1 Å². The summed E-state index contributed by atoms with van der Waals surface area (Å²) in [6, 6.07) is 22.0. The normalized spacial score (nSPS) is 25.7. The van der Waals surface area contributed by atoms with E-state index in [0.29, 0.717) is 5.69 Å². The maximum Gasteiger partial charge on any atom is 0.238 e. The number of imide groups is 1. The number of amides is 2. The van der Waals surface area contributed by atoms with Crippen molar-refractivity contribution in [2.75, 3.05) is 10.1 Å². The number of carbonyl (C=O) groups excluding carboxylic acids is 2. The summed E-state index contributed by atoms with van der Waals surface area (Å²) >= 11 is 0. The van der Waals surface area contributed by atoms with Crippen LogP contribution >= 0.6 is 0 Å². The third-order valence-electron chi connectivity index (χ3n) is 6.78. The topological polar surface area (TPSA) is 83.9 Å². The predicted octanol–water partition coefficient (Wildman–Crippen LogP) is 3.78. The van der Waals surface area contributed by atoms with E-state index in [2.05, 4.69) is 24.3 Å². The van der Waals surface area contributed by atoms with Gasteiger partial charge in [-0.3, -0.25) is 14.8 Å². The van der Waals surface area contributed by atoms with Gasteiger partial charge in [0.15, 0.2) is 0 Å². The van der Waals surface area contributed by atoms with Crippen LogP contribution in [0.5, 0.6) is 0 Å². The van der Waals surface area contributed by atoms with Gasteiger partial charge >= 0.3 is 0 Å². The van der Waals surface area contributed by atoms with Crippen LogP contribution in [0.3, 0.4) is 0 Å². The van der Waals surface area contributed by atoms with Crippen molar-refractivity contribution in [3.63, 3.8) is 0 Å². The molecule has 1 N–H and O–H groups in total. The van der Waals surface area contributed by atoms with E-state index in [0.717, 1.165) is 22.3 Å². The fourth-order valence-corrected chi connectivity index (χ4v) is 5.66. The standard InChI is InChI=1S/C24H17N2O4/c27-23-21-19-15-5-1-2-6-16(15)20(18-8-4-3-7-17(18)19)22(21)24(28)25(23)13-9-11-14(12-10-13)26(29)30/h1-12,19-22,29H/q-1. The Morgan fingerprint density at radius 3 is 1.47 bits per heavy atom. The Hall–Kier alpha value is -3.48. The van der Waals surface area contributed by atoms with E-state index in [1.807, 2.05) is 24.3 Å². The lowest BCUT2D eigenvalue weighted by molar-refractivity contribution is -0.122. The van der Waals surface area contributed by atoms with Gasteiger partial charge in [0.2, 0.25) is 11.8 Å². The summed E-state index contributed by atoms with van der Waals surface area (Å²) in [5, 5.41) is 19.9. The minimum atomic E-state index is -0.444. The van der Waals surface area contributed by atoms with Crippen LogP contribution in [0, 0.1) is 17.0 Å². The fourth-order valence-electron chi connectivity index (χ4n) is 5.66. The Kier molecular flexibility index (Phi) is 3.48. The van der Waals surface area contributed by atoms with Gasteiger partial charge in [-0.2, -0.15) is 0 Å². The number of nitrogens with zero attached hydrogens (tertiary/aromatic N) is 2. The van der Waals surface area contributed by atoms with E-state index < -0.39 is 11.8 Å². The molecule has 7 rings (SSSR count). The molecule has 2 amide bonds. The monoisotopic (exact) mass is 397 g/mol. The van der Waals surface area contributed by atoms with E-state index in [1.165, 1.54) is 29.2 Å². The molecule has 2 bridgehead atoms. The van der Waals surface area contributed by atoms with Crippen LogP contribution in [-0.2, 0) is 9.59 Å². The average molecular weight is 397 g/mol. The zero-order valence-electron chi connectivity index (χ0n) is 15.8. The number of hydrogen-bond donors (Lipinski definition) is 1. The molecule has 1 fully saturated rings. The van der Waals surface area contributed by atoms with Crippen LogP contribution in [0.2, 0.25) is 0 Å². The molecule has 1 saturated heterocycles. The number of anilines is 2. The first-order valence-electron chi connectivity index (χ1n) is 9.89. The summed E-state index contributed by atoms with van der Waals surface area (Å²) in [5.74, 6) is -1.61. The second-order valence-corrected chi connectivity index (χ2v) is 8.07. The van der Waals surface area contributed by atoms with E-state index in [-0.39, 0.29) is 34.6 Å². The van der Waals surface area contributed by atoms with Crippen LogP contribution in [0.4, 0.5) is 11.4 Å². The van der Waals surface area contributed by atoms with Crippen molar-refractivity contribution >= 4 is 23.2 Å². The maximum atomic E-state index is 13.6. The van der Waals surface area contributed by atoms with Gasteiger partial charge in [-0.25, -0.2) is 4.90 Å². The number of carbonyl (C=O) groups is 2. The average Bonchev–Trinajstić information content (AvgIpc) is 3.04. The van der Waals surface area contributed by atoms with Gasteiger partial charge in [0.1, 0.15) is 0 Å². The molecule has 148 valence electrons. The smallest absolute Gasteiger partial charge is 0.238 e. The predicted molar refractivity (Wildman–Crippen MR) is 110 cm³/mol. The zero-order chi connectivity index (χ0) is 20.6. The van der Waals surface area contributed by atoms with Crippen molar-refractivity contribution in [3.05, 3.63) is 100 Å². The molecule has 3 aromatic carbocycles. The van der Waals surface area contributed by atoms with Crippen molar-refractivity contribution < 1.29 is 14.8 Å². The molecule has 1 aliphatic heterocycles. The Morgan fingerprint density at radius 1 is 0.700 bits per heavy atom. The summed E-state index contributed by atoms with van der Waals surface area (Å²) in [7, 11) is 0. The van der Waals surface area contributed by atoms with Crippen molar-refractivity contribution in [2.45, 2.75) is 11.8 Å². The fraction of sp³-hybridized carbons (Fsp3) is 0.167. The summed E-state index contributed by atoms with van der Waals surface area (Å²) in [6.45, 7) is 0. The molecule has 2 atom stereocenters. The summed E-state index contributed by atoms with van der Waals surface area (Å²) in [4.78, 5) is 28.4. The molecule has 0 spiro atoms. The summed E-state index contributed by atoms with van der Waals surface area (Å²) in [6.07, 6.45) is 0. The maximum absolute atomic E-state index is 13.6. The molecule has 3 aromatic rings.